The van der Waals surface area contributed by atoms with Crippen molar-refractivity contribution in [2.24, 2.45) is 0 Å². The van der Waals surface area contributed by atoms with E-state index in [1.807, 2.05) is 0 Å². The van der Waals surface area contributed by atoms with Crippen molar-refractivity contribution in [1.82, 2.24) is 4.90 Å². The van der Waals surface area contributed by atoms with Gasteiger partial charge in [-0.1, -0.05) is 0 Å². The molecule has 1 aliphatic heterocycles. The van der Waals surface area contributed by atoms with Crippen LogP contribution in [0.4, 0.5) is 9.18 Å². The van der Waals surface area contributed by atoms with Gasteiger partial charge in [-0.05, 0) is 39.2 Å². The highest BCUT2D eigenvalue weighted by Gasteiger charge is 2.26. The Morgan fingerprint density at radius 2 is 2.18 bits per heavy atom. The third kappa shape index (κ3) is 4.34. The van der Waals surface area contributed by atoms with Crippen LogP contribution in [0.2, 0.25) is 0 Å². The number of carbonyl (C=O) groups is 1. The van der Waals surface area contributed by atoms with Crippen molar-refractivity contribution in [3.05, 3.63) is 11.4 Å². The van der Waals surface area contributed by atoms with E-state index < -0.39 is 24.1 Å². The number of amides is 1. The summed E-state index contributed by atoms with van der Waals surface area (Å²) in [6, 6.07) is 0. The van der Waals surface area contributed by atoms with E-state index in [0.29, 0.717) is 25.0 Å². The first-order valence-electron chi connectivity index (χ1n) is 5.78. The highest BCUT2D eigenvalue weighted by molar-refractivity contribution is 5.68. The molecule has 1 saturated heterocycles. The van der Waals surface area contributed by atoms with E-state index in [1.54, 1.807) is 20.8 Å². The van der Waals surface area contributed by atoms with Crippen LogP contribution in [0, 0.1) is 0 Å². The number of aliphatic hydroxyl groups excluding tert-OH is 1. The first kappa shape index (κ1) is 14.0. The van der Waals surface area contributed by atoms with Crippen molar-refractivity contribution in [2.45, 2.75) is 39.2 Å². The monoisotopic (exact) mass is 245 g/mol. The third-order valence-corrected chi connectivity index (χ3v) is 2.46. The molecule has 0 aromatic heterocycles. The van der Waals surface area contributed by atoms with Gasteiger partial charge in [0.2, 0.25) is 0 Å². The average molecular weight is 245 g/mol. The Hall–Kier alpha value is -1.10. The van der Waals surface area contributed by atoms with Crippen LogP contribution in [-0.2, 0) is 4.74 Å². The fourth-order valence-corrected chi connectivity index (χ4v) is 1.69. The maximum absolute atomic E-state index is 13.2. The third-order valence-electron chi connectivity index (χ3n) is 2.46. The highest BCUT2D eigenvalue weighted by atomic mass is 19.1. The molecule has 0 bridgehead atoms. The SMILES string of the molecule is CC(C)(C)OC(=O)N1CCCC(=C(F)CO)C1. The Labute approximate surface area is 101 Å². The molecule has 1 heterocycles. The van der Waals surface area contributed by atoms with E-state index in [9.17, 15) is 9.18 Å². The predicted octanol–water partition coefficient (Wildman–Crippen LogP) is 2.23. The van der Waals surface area contributed by atoms with Gasteiger partial charge in [0.1, 0.15) is 11.4 Å². The first-order valence-corrected chi connectivity index (χ1v) is 5.78. The zero-order valence-electron chi connectivity index (χ0n) is 10.6. The summed E-state index contributed by atoms with van der Waals surface area (Å²) >= 11 is 0. The zero-order chi connectivity index (χ0) is 13.1. The summed E-state index contributed by atoms with van der Waals surface area (Å²) < 4.78 is 18.5. The lowest BCUT2D eigenvalue weighted by Gasteiger charge is -2.31. The zero-order valence-corrected chi connectivity index (χ0v) is 10.6. The number of aliphatic hydroxyl groups is 1. The maximum atomic E-state index is 13.2. The summed E-state index contributed by atoms with van der Waals surface area (Å²) in [7, 11) is 0. The normalized spacial score (nSPS) is 20.2. The van der Waals surface area contributed by atoms with Gasteiger partial charge in [-0.15, -0.1) is 0 Å². The molecule has 0 unspecified atom stereocenters. The topological polar surface area (TPSA) is 49.8 Å². The van der Waals surface area contributed by atoms with Crippen molar-refractivity contribution in [3.63, 3.8) is 0 Å². The number of rotatable bonds is 1. The van der Waals surface area contributed by atoms with E-state index in [1.165, 1.54) is 4.90 Å². The summed E-state index contributed by atoms with van der Waals surface area (Å²) in [4.78, 5) is 13.2. The minimum absolute atomic E-state index is 0.210. The smallest absolute Gasteiger partial charge is 0.410 e. The molecular formula is C12H20FNO3. The number of likely N-dealkylation sites (tertiary alicyclic amines) is 1. The van der Waals surface area contributed by atoms with E-state index >= 15 is 0 Å². The Morgan fingerprint density at radius 3 is 2.71 bits per heavy atom. The highest BCUT2D eigenvalue weighted by Crippen LogP contribution is 2.21. The van der Waals surface area contributed by atoms with Crippen LogP contribution in [0.15, 0.2) is 11.4 Å². The van der Waals surface area contributed by atoms with Crippen LogP contribution in [0.1, 0.15) is 33.6 Å². The molecule has 0 aromatic carbocycles. The minimum atomic E-state index is -0.600. The van der Waals surface area contributed by atoms with Crippen molar-refractivity contribution < 1.29 is 19.0 Å². The molecule has 4 nitrogen and oxygen atoms in total. The molecule has 1 fully saturated rings. The van der Waals surface area contributed by atoms with E-state index in [2.05, 4.69) is 0 Å². The lowest BCUT2D eigenvalue weighted by atomic mass is 10.0. The van der Waals surface area contributed by atoms with Gasteiger partial charge >= 0.3 is 6.09 Å². The maximum Gasteiger partial charge on any atom is 0.410 e. The lowest BCUT2D eigenvalue weighted by molar-refractivity contribution is 0.0244. The lowest BCUT2D eigenvalue weighted by Crippen LogP contribution is -2.40. The second-order valence-corrected chi connectivity index (χ2v) is 5.17. The standard InChI is InChI=1S/C12H20FNO3/c1-12(2,3)17-11(16)14-6-4-5-9(7-14)10(13)8-15/h15H,4-8H2,1-3H3. The van der Waals surface area contributed by atoms with Crippen molar-refractivity contribution in [2.75, 3.05) is 19.7 Å². The van der Waals surface area contributed by atoms with Crippen LogP contribution in [0.3, 0.4) is 0 Å². The molecule has 0 aliphatic carbocycles. The number of ether oxygens (including phenoxy) is 1. The van der Waals surface area contributed by atoms with Crippen molar-refractivity contribution in [3.8, 4) is 0 Å². The molecule has 1 amide bonds. The van der Waals surface area contributed by atoms with Gasteiger partial charge in [-0.2, -0.15) is 0 Å². The molecule has 0 saturated carbocycles. The van der Waals surface area contributed by atoms with Crippen LogP contribution in [0.5, 0.6) is 0 Å². The molecule has 17 heavy (non-hydrogen) atoms. The first-order chi connectivity index (χ1) is 7.83. The van der Waals surface area contributed by atoms with E-state index in [0.717, 1.165) is 0 Å². The van der Waals surface area contributed by atoms with Crippen molar-refractivity contribution in [1.29, 1.82) is 0 Å². The summed E-state index contributed by atoms with van der Waals surface area (Å²) in [5.74, 6) is -0.529. The molecule has 5 heteroatoms. The fraction of sp³-hybridized carbons (Fsp3) is 0.750. The molecule has 0 aromatic rings. The number of nitrogens with zero attached hydrogens (tertiary/aromatic N) is 1. The van der Waals surface area contributed by atoms with Gasteiger partial charge in [-0.3, -0.25) is 0 Å². The van der Waals surface area contributed by atoms with Crippen LogP contribution in [-0.4, -0.2) is 41.4 Å². The Kier molecular flexibility index (Phi) is 4.51. The number of piperidine rings is 1. The molecule has 0 atom stereocenters. The molecule has 1 N–H and O–H groups in total. The minimum Gasteiger partial charge on any atom is -0.444 e. The van der Waals surface area contributed by atoms with Crippen LogP contribution in [0.25, 0.3) is 0 Å². The van der Waals surface area contributed by atoms with E-state index in [-0.39, 0.29) is 6.54 Å². The van der Waals surface area contributed by atoms with Gasteiger partial charge in [0.15, 0.2) is 0 Å². The Bertz CT molecular complexity index is 320. The van der Waals surface area contributed by atoms with Crippen LogP contribution < -0.4 is 0 Å². The number of carbonyl (C=O) groups excluding carboxylic acids is 1. The van der Waals surface area contributed by atoms with Gasteiger partial charge < -0.3 is 14.7 Å². The van der Waals surface area contributed by atoms with Crippen LogP contribution >= 0.6 is 0 Å². The number of hydrogen-bond acceptors (Lipinski definition) is 3. The molecule has 0 radical (unpaired) electrons. The average Bonchev–Trinajstić information content (AvgIpc) is 2.26. The fourth-order valence-electron chi connectivity index (χ4n) is 1.69. The molecule has 1 rings (SSSR count). The largest absolute Gasteiger partial charge is 0.444 e. The van der Waals surface area contributed by atoms with E-state index in [4.69, 9.17) is 9.84 Å². The Balaban J connectivity index is 2.64. The molecule has 98 valence electrons. The second-order valence-electron chi connectivity index (χ2n) is 5.17. The quantitative estimate of drug-likeness (QED) is 0.770. The number of halogens is 1. The Morgan fingerprint density at radius 1 is 1.53 bits per heavy atom. The summed E-state index contributed by atoms with van der Waals surface area (Å²) in [5, 5.41) is 8.73. The van der Waals surface area contributed by atoms with Gasteiger partial charge in [0, 0.05) is 13.1 Å². The van der Waals surface area contributed by atoms with Gasteiger partial charge in [0.05, 0.1) is 6.61 Å². The summed E-state index contributed by atoms with van der Waals surface area (Å²) in [6.45, 7) is 5.55. The van der Waals surface area contributed by atoms with Crippen molar-refractivity contribution >= 4 is 6.09 Å². The summed E-state index contributed by atoms with van der Waals surface area (Å²) in [6.07, 6.45) is 0.855. The predicted molar refractivity (Wildman–Crippen MR) is 62.3 cm³/mol. The molecule has 0 spiro atoms. The molecular weight excluding hydrogens is 225 g/mol. The summed E-state index contributed by atoms with van der Waals surface area (Å²) in [5.41, 5.74) is -0.0573. The molecule has 1 aliphatic rings. The van der Waals surface area contributed by atoms with Gasteiger partial charge in [0.25, 0.3) is 0 Å². The number of hydrogen-bond donors (Lipinski definition) is 1. The van der Waals surface area contributed by atoms with Gasteiger partial charge in [-0.25, -0.2) is 9.18 Å². The second kappa shape index (κ2) is 5.49.